The van der Waals surface area contributed by atoms with E-state index in [1.54, 1.807) is 31.5 Å². The number of imidazole rings is 1. The van der Waals surface area contributed by atoms with Gasteiger partial charge in [-0.05, 0) is 191 Å². The van der Waals surface area contributed by atoms with Crippen LogP contribution in [0.3, 0.4) is 0 Å². The van der Waals surface area contributed by atoms with E-state index in [1.807, 2.05) is 41.5 Å². The van der Waals surface area contributed by atoms with E-state index >= 15 is 9.18 Å². The molecule has 0 radical (unpaired) electrons. The molecule has 5 saturated heterocycles. The van der Waals surface area contributed by atoms with Gasteiger partial charge in [-0.1, -0.05) is 18.6 Å². The van der Waals surface area contributed by atoms with Gasteiger partial charge in [0.25, 0.3) is 17.7 Å². The standard InChI is InChI=1S/C66H79FN12O7/c1-38(2)69-60(81)48-34-53(51(67)29-40(48)5)71-59-58-54(68-37-77(58)39(3)4)35-52(70-59)43-9-12-50-56(30-43)78(46-31-45(32-46)74-21-7-6-8-22-74)65(86)66(50)19-27-76(28-20-66)62(83)42-17-23-73(24-18-42)36-41-15-25-75(26-16-41)44-10-11-47-49(33-44)64(85)79(63(47)84)55-13-14-57(80)72-61(55)82/h9-12,29-30,33-35,37-39,41-42,45-46,55H,6-8,13-28,31-32,36H2,1-5H3,(H,69,81)(H,70,71)(H,72,80,82)/t45-,46+,55?. The number of carbonyl (C=O) groups is 7. The summed E-state index contributed by atoms with van der Waals surface area (Å²) in [5.74, 6) is -1.70. The summed E-state index contributed by atoms with van der Waals surface area (Å²) >= 11 is 0. The van der Waals surface area contributed by atoms with Crippen molar-refractivity contribution in [3.8, 4) is 11.3 Å². The van der Waals surface area contributed by atoms with Gasteiger partial charge in [0.15, 0.2) is 5.82 Å². The van der Waals surface area contributed by atoms with Crippen molar-refractivity contribution in [2.75, 3.05) is 74.0 Å². The number of benzene rings is 3. The van der Waals surface area contributed by atoms with E-state index in [0.29, 0.717) is 77.1 Å². The number of rotatable bonds is 13. The van der Waals surface area contributed by atoms with Crippen molar-refractivity contribution in [2.45, 2.75) is 154 Å². The topological polar surface area (TPSA) is 206 Å². The third-order valence-corrected chi connectivity index (χ3v) is 20.2. The molecule has 8 aliphatic rings. The van der Waals surface area contributed by atoms with Crippen LogP contribution < -0.4 is 25.8 Å². The minimum atomic E-state index is -0.999. The number of imide groups is 2. The van der Waals surface area contributed by atoms with E-state index in [1.165, 1.54) is 25.3 Å². The molecule has 20 heteroatoms. The van der Waals surface area contributed by atoms with Crippen LogP contribution >= 0.6 is 0 Å². The smallest absolute Gasteiger partial charge is 0.262 e. The predicted octanol–water partition coefficient (Wildman–Crippen LogP) is 8.26. The summed E-state index contributed by atoms with van der Waals surface area (Å²) in [7, 11) is 0. The third-order valence-electron chi connectivity index (χ3n) is 20.2. The number of pyridine rings is 1. The van der Waals surface area contributed by atoms with Crippen LogP contribution in [0, 0.1) is 24.6 Å². The molecular formula is C66H79FN12O7. The fourth-order valence-electron chi connectivity index (χ4n) is 15.2. The summed E-state index contributed by atoms with van der Waals surface area (Å²) in [5, 5.41) is 8.48. The number of carbonyl (C=O) groups excluding carboxylic acids is 7. The molecule has 3 N–H and O–H groups in total. The molecule has 7 aliphatic heterocycles. The molecule has 0 bridgehead atoms. The van der Waals surface area contributed by atoms with Gasteiger partial charge in [0.2, 0.25) is 23.6 Å². The lowest BCUT2D eigenvalue weighted by atomic mass is 9.73. The van der Waals surface area contributed by atoms with Crippen LogP contribution in [0.25, 0.3) is 22.3 Å². The Labute approximate surface area is 501 Å². The molecule has 1 spiro atoms. The Morgan fingerprint density at radius 2 is 1.51 bits per heavy atom. The highest BCUT2D eigenvalue weighted by atomic mass is 19.1. The van der Waals surface area contributed by atoms with Gasteiger partial charge in [-0.3, -0.25) is 43.8 Å². The Hall–Kier alpha value is -7.58. The fourth-order valence-corrected chi connectivity index (χ4v) is 15.2. The first kappa shape index (κ1) is 57.5. The first-order chi connectivity index (χ1) is 41.4. The summed E-state index contributed by atoms with van der Waals surface area (Å²) in [6, 6.07) is 15.9. The molecule has 9 heterocycles. The molecular weight excluding hydrogens is 1090 g/mol. The van der Waals surface area contributed by atoms with Crippen molar-refractivity contribution in [1.82, 2.24) is 44.8 Å². The molecule has 5 aromatic rings. The molecule has 452 valence electrons. The van der Waals surface area contributed by atoms with Crippen LogP contribution in [0.15, 0.2) is 60.9 Å². The van der Waals surface area contributed by atoms with Crippen molar-refractivity contribution in [1.29, 1.82) is 0 Å². The Morgan fingerprint density at radius 1 is 0.779 bits per heavy atom. The number of piperidine rings is 5. The van der Waals surface area contributed by atoms with E-state index in [4.69, 9.17) is 9.97 Å². The second kappa shape index (κ2) is 22.9. The highest BCUT2D eigenvalue weighted by Crippen LogP contribution is 2.53. The Morgan fingerprint density at radius 3 is 2.22 bits per heavy atom. The lowest BCUT2D eigenvalue weighted by molar-refractivity contribution is -0.140. The molecule has 1 aliphatic carbocycles. The van der Waals surface area contributed by atoms with Crippen LogP contribution in [0.1, 0.15) is 159 Å². The summed E-state index contributed by atoms with van der Waals surface area (Å²) in [6.07, 6.45) is 12.1. The zero-order chi connectivity index (χ0) is 59.9. The number of halogens is 1. The number of fused-ring (bicyclic) bond motifs is 4. The third kappa shape index (κ3) is 10.4. The lowest BCUT2D eigenvalue weighted by Crippen LogP contribution is -2.58. The number of anilines is 4. The van der Waals surface area contributed by atoms with Gasteiger partial charge in [0.05, 0.1) is 39.8 Å². The average molecular weight is 1170 g/mol. The van der Waals surface area contributed by atoms with Gasteiger partial charge in [-0.25, -0.2) is 14.4 Å². The lowest BCUT2D eigenvalue weighted by Gasteiger charge is -2.48. The van der Waals surface area contributed by atoms with Crippen molar-refractivity contribution < 1.29 is 38.0 Å². The number of aromatic nitrogens is 3. The quantitative estimate of drug-likeness (QED) is 0.0951. The van der Waals surface area contributed by atoms with Crippen molar-refractivity contribution in [3.05, 3.63) is 94.6 Å². The van der Waals surface area contributed by atoms with Gasteiger partial charge in [0, 0.05) is 91.7 Å². The summed E-state index contributed by atoms with van der Waals surface area (Å²) in [5.41, 5.74) is 6.38. The van der Waals surface area contributed by atoms with E-state index in [-0.39, 0.29) is 65.9 Å². The Balaban J connectivity index is 0.675. The van der Waals surface area contributed by atoms with Gasteiger partial charge in [0.1, 0.15) is 17.4 Å². The molecule has 19 nitrogen and oxygen atoms in total. The highest BCUT2D eigenvalue weighted by Gasteiger charge is 2.56. The number of hydrogen-bond donors (Lipinski definition) is 3. The predicted molar refractivity (Wildman–Crippen MR) is 325 cm³/mol. The van der Waals surface area contributed by atoms with E-state index in [2.05, 4.69) is 61.5 Å². The van der Waals surface area contributed by atoms with E-state index < -0.39 is 40.9 Å². The maximum absolute atomic E-state index is 16.0. The second-order valence-corrected chi connectivity index (χ2v) is 26.2. The van der Waals surface area contributed by atoms with Gasteiger partial charge >= 0.3 is 0 Å². The maximum atomic E-state index is 16.0. The molecule has 86 heavy (non-hydrogen) atoms. The van der Waals surface area contributed by atoms with Crippen molar-refractivity contribution >= 4 is 75.3 Å². The zero-order valence-corrected chi connectivity index (χ0v) is 50.1. The monoisotopic (exact) mass is 1170 g/mol. The zero-order valence-electron chi connectivity index (χ0n) is 50.1. The van der Waals surface area contributed by atoms with E-state index in [0.717, 1.165) is 112 Å². The Kier molecular flexibility index (Phi) is 15.3. The first-order valence-electron chi connectivity index (χ1n) is 31.5. The highest BCUT2D eigenvalue weighted by molar-refractivity contribution is 6.24. The SMILES string of the molecule is Cc1cc(F)c(Nc2nc(-c3ccc4c(c3)N([C@H]3C[C@@H](N5CCCCC5)C3)C(=O)C43CCN(C(=O)C4CCN(CC5CCN(c6ccc7c(c6)C(=O)N(C6CCC(=O)NC6=O)C7=O)CC5)CC4)CC3)cc3ncn(C(C)C)c23)cc1C(=O)NC(C)C. The maximum Gasteiger partial charge on any atom is 0.262 e. The molecule has 2 aromatic heterocycles. The Bertz CT molecular complexity index is 3560. The molecule has 7 amide bonds. The molecule has 13 rings (SSSR count). The van der Waals surface area contributed by atoms with Crippen LogP contribution in [0.2, 0.25) is 0 Å². The summed E-state index contributed by atoms with van der Waals surface area (Å²) < 4.78 is 18.0. The number of hydrogen-bond acceptors (Lipinski definition) is 13. The molecule has 3 aromatic carbocycles. The van der Waals surface area contributed by atoms with Crippen LogP contribution in [0.5, 0.6) is 0 Å². The van der Waals surface area contributed by atoms with Crippen LogP contribution in [-0.2, 0) is 24.6 Å². The normalized spacial score (nSPS) is 23.2. The minimum Gasteiger partial charge on any atom is -0.371 e. The van der Waals surface area contributed by atoms with Gasteiger partial charge < -0.3 is 39.7 Å². The number of nitrogens with zero attached hydrogens (tertiary/aromatic N) is 9. The summed E-state index contributed by atoms with van der Waals surface area (Å²) in [6.45, 7) is 17.1. The van der Waals surface area contributed by atoms with Gasteiger partial charge in [-0.2, -0.15) is 0 Å². The number of amides is 7. The number of likely N-dealkylation sites (tertiary alicyclic amines) is 3. The molecule has 1 atom stereocenters. The second-order valence-electron chi connectivity index (χ2n) is 26.2. The summed E-state index contributed by atoms with van der Waals surface area (Å²) in [4.78, 5) is 117. The van der Waals surface area contributed by atoms with Crippen LogP contribution in [0.4, 0.5) is 27.3 Å². The largest absolute Gasteiger partial charge is 0.371 e. The van der Waals surface area contributed by atoms with E-state index in [9.17, 15) is 28.8 Å². The average Bonchev–Trinajstić information content (AvgIpc) is 1.81. The number of nitrogens with one attached hydrogen (secondary N) is 3. The van der Waals surface area contributed by atoms with Crippen molar-refractivity contribution in [3.63, 3.8) is 0 Å². The number of aryl methyl sites for hydroxylation is 1. The fraction of sp³-hybridized carbons (Fsp3) is 0.530. The van der Waals surface area contributed by atoms with Crippen LogP contribution in [-0.4, -0.2) is 159 Å². The molecule has 6 fully saturated rings. The first-order valence-corrected chi connectivity index (χ1v) is 31.5. The minimum absolute atomic E-state index is 0.0150. The molecule has 1 unspecified atom stereocenters. The van der Waals surface area contributed by atoms with Gasteiger partial charge in [-0.15, -0.1) is 0 Å². The molecule has 1 saturated carbocycles. The van der Waals surface area contributed by atoms with Crippen molar-refractivity contribution in [2.24, 2.45) is 11.8 Å².